The molecule has 0 aliphatic carbocycles. The van der Waals surface area contributed by atoms with E-state index in [1.54, 1.807) is 12.4 Å². The minimum Gasteiger partial charge on any atom is -0.342 e. The number of rotatable bonds is 0. The Hall–Kier alpha value is -1.49. The van der Waals surface area contributed by atoms with E-state index >= 15 is 0 Å². The zero-order valence-corrected chi connectivity index (χ0v) is 8.76. The summed E-state index contributed by atoms with van der Waals surface area (Å²) in [5, 5.41) is -0.00711. The zero-order chi connectivity index (χ0) is 12.0. The van der Waals surface area contributed by atoms with Gasteiger partial charge in [-0.1, -0.05) is 17.7 Å². The number of aromatic nitrogens is 2. The van der Waals surface area contributed by atoms with Gasteiger partial charge in [0.05, 0.1) is 0 Å². The molecule has 0 saturated heterocycles. The summed E-state index contributed by atoms with van der Waals surface area (Å²) in [6.45, 7) is 0. The first kappa shape index (κ1) is 12.6. The highest BCUT2D eigenvalue weighted by atomic mass is 35.5. The second kappa shape index (κ2) is 5.55. The fourth-order valence-electron chi connectivity index (χ4n) is 0.846. The van der Waals surface area contributed by atoms with Gasteiger partial charge < -0.3 is 4.98 Å². The van der Waals surface area contributed by atoms with Crippen LogP contribution in [-0.2, 0) is 6.18 Å². The molecular formula is C10H8ClF3N2. The molecule has 0 unspecified atom stereocenters. The van der Waals surface area contributed by atoms with Crippen molar-refractivity contribution in [1.82, 2.24) is 9.97 Å². The third-order valence-electron chi connectivity index (χ3n) is 1.52. The highest BCUT2D eigenvalue weighted by molar-refractivity contribution is 6.29. The zero-order valence-electron chi connectivity index (χ0n) is 8.00. The van der Waals surface area contributed by atoms with E-state index in [4.69, 9.17) is 11.6 Å². The smallest absolute Gasteiger partial charge is 0.342 e. The third kappa shape index (κ3) is 4.35. The molecule has 0 spiro atoms. The number of hydrogen-bond donors (Lipinski definition) is 1. The van der Waals surface area contributed by atoms with Crippen LogP contribution < -0.4 is 0 Å². The molecule has 0 aliphatic rings. The first-order valence-corrected chi connectivity index (χ1v) is 4.64. The first-order valence-electron chi connectivity index (χ1n) is 4.27. The lowest BCUT2D eigenvalue weighted by Gasteiger charge is -2.00. The van der Waals surface area contributed by atoms with Crippen LogP contribution in [0.1, 0.15) is 5.69 Å². The topological polar surface area (TPSA) is 28.7 Å². The van der Waals surface area contributed by atoms with E-state index in [1.165, 1.54) is 0 Å². The minimum atomic E-state index is -4.33. The fraction of sp³-hybridized carbons (Fsp3) is 0.100. The van der Waals surface area contributed by atoms with Crippen molar-refractivity contribution in [1.29, 1.82) is 0 Å². The number of aromatic amines is 1. The summed E-state index contributed by atoms with van der Waals surface area (Å²) in [6.07, 6.45) is -0.826. The van der Waals surface area contributed by atoms with Gasteiger partial charge in [0, 0.05) is 12.4 Å². The van der Waals surface area contributed by atoms with Crippen LogP contribution in [0.25, 0.3) is 0 Å². The molecule has 0 amide bonds. The van der Waals surface area contributed by atoms with Crippen molar-refractivity contribution in [3.8, 4) is 0 Å². The maximum absolute atomic E-state index is 11.7. The Morgan fingerprint density at radius 1 is 1.06 bits per heavy atom. The van der Waals surface area contributed by atoms with Gasteiger partial charge in [0.1, 0.15) is 10.8 Å². The predicted molar refractivity (Wildman–Crippen MR) is 55.0 cm³/mol. The molecule has 0 bridgehead atoms. The van der Waals surface area contributed by atoms with Crippen molar-refractivity contribution in [3.05, 3.63) is 53.6 Å². The van der Waals surface area contributed by atoms with Gasteiger partial charge in [-0.2, -0.15) is 13.2 Å². The number of H-pyrrole nitrogens is 1. The van der Waals surface area contributed by atoms with Crippen LogP contribution in [0.4, 0.5) is 13.2 Å². The maximum Gasteiger partial charge on any atom is 0.431 e. The fourth-order valence-corrected chi connectivity index (χ4v) is 1.01. The molecule has 86 valence electrons. The Kier molecular flexibility index (Phi) is 4.37. The summed E-state index contributed by atoms with van der Waals surface area (Å²) in [5.41, 5.74) is -0.822. The van der Waals surface area contributed by atoms with Crippen molar-refractivity contribution >= 4 is 11.6 Å². The van der Waals surface area contributed by atoms with Crippen molar-refractivity contribution < 1.29 is 13.2 Å². The molecule has 16 heavy (non-hydrogen) atoms. The lowest BCUT2D eigenvalue weighted by molar-refractivity contribution is -0.140. The van der Waals surface area contributed by atoms with Crippen molar-refractivity contribution in [3.63, 3.8) is 0 Å². The molecule has 2 nitrogen and oxygen atoms in total. The van der Waals surface area contributed by atoms with Crippen molar-refractivity contribution in [2.24, 2.45) is 0 Å². The monoisotopic (exact) mass is 248 g/mol. The number of nitrogens with zero attached hydrogens (tertiary/aromatic N) is 1. The Bertz CT molecular complexity index is 385. The van der Waals surface area contributed by atoms with Gasteiger partial charge >= 0.3 is 6.18 Å². The van der Waals surface area contributed by atoms with Gasteiger partial charge in [0.15, 0.2) is 0 Å². The van der Waals surface area contributed by atoms with Crippen LogP contribution in [0, 0.1) is 0 Å². The predicted octanol–water partition coefficient (Wildman–Crippen LogP) is 3.77. The Morgan fingerprint density at radius 2 is 1.69 bits per heavy atom. The number of nitrogens with one attached hydrogen (secondary N) is 1. The molecule has 0 saturated carbocycles. The van der Waals surface area contributed by atoms with Crippen LogP contribution in [-0.4, -0.2) is 9.97 Å². The number of pyridine rings is 1. The first-order chi connectivity index (χ1) is 7.50. The standard InChI is InChI=1S/C5H3ClF3N.C5H5N/c6-4-2-1-3(10-4)5(7,8)9;1-2-4-6-5-3-1/h1-2,10H;1-5H. The normalized spacial score (nSPS) is 10.5. The van der Waals surface area contributed by atoms with Crippen molar-refractivity contribution in [2.45, 2.75) is 6.18 Å². The van der Waals surface area contributed by atoms with Crippen molar-refractivity contribution in [2.75, 3.05) is 0 Å². The lowest BCUT2D eigenvalue weighted by Crippen LogP contribution is -2.04. The highest BCUT2D eigenvalue weighted by Crippen LogP contribution is 2.28. The summed E-state index contributed by atoms with van der Waals surface area (Å²) >= 11 is 5.21. The molecule has 2 aromatic heterocycles. The van der Waals surface area contributed by atoms with E-state index in [0.29, 0.717) is 0 Å². The lowest BCUT2D eigenvalue weighted by atomic mass is 10.4. The summed E-state index contributed by atoms with van der Waals surface area (Å²) in [5.74, 6) is 0. The van der Waals surface area contributed by atoms with Crippen LogP contribution in [0.3, 0.4) is 0 Å². The van der Waals surface area contributed by atoms with Crippen LogP contribution >= 0.6 is 11.6 Å². The molecule has 2 heterocycles. The van der Waals surface area contributed by atoms with Gasteiger partial charge in [0.2, 0.25) is 0 Å². The van der Waals surface area contributed by atoms with Gasteiger partial charge in [-0.05, 0) is 24.3 Å². The molecule has 2 rings (SSSR count). The number of hydrogen-bond acceptors (Lipinski definition) is 1. The molecule has 1 N–H and O–H groups in total. The minimum absolute atomic E-state index is 0.00711. The maximum atomic E-state index is 11.7. The average molecular weight is 249 g/mol. The molecule has 0 fully saturated rings. The van der Waals surface area contributed by atoms with Gasteiger partial charge in [-0.3, -0.25) is 4.98 Å². The van der Waals surface area contributed by atoms with E-state index in [1.807, 2.05) is 23.2 Å². The SMILES string of the molecule is FC(F)(F)c1ccc(Cl)[nH]1.c1ccncc1. The molecule has 6 heteroatoms. The summed E-state index contributed by atoms with van der Waals surface area (Å²) in [6, 6.07) is 7.76. The number of halogens is 4. The van der Waals surface area contributed by atoms with Gasteiger partial charge in [-0.25, -0.2) is 0 Å². The van der Waals surface area contributed by atoms with Crippen LogP contribution in [0.5, 0.6) is 0 Å². The highest BCUT2D eigenvalue weighted by Gasteiger charge is 2.31. The molecule has 2 aromatic rings. The van der Waals surface area contributed by atoms with Gasteiger partial charge in [-0.15, -0.1) is 0 Å². The second-order valence-corrected chi connectivity index (χ2v) is 3.15. The van der Waals surface area contributed by atoms with E-state index < -0.39 is 11.9 Å². The Balaban J connectivity index is 0.000000181. The van der Waals surface area contributed by atoms with E-state index in [0.717, 1.165) is 12.1 Å². The largest absolute Gasteiger partial charge is 0.431 e. The molecule has 0 radical (unpaired) electrons. The quantitative estimate of drug-likeness (QED) is 0.755. The molecule has 0 aliphatic heterocycles. The average Bonchev–Trinajstić information content (AvgIpc) is 2.68. The van der Waals surface area contributed by atoms with E-state index in [9.17, 15) is 13.2 Å². The van der Waals surface area contributed by atoms with E-state index in [2.05, 4.69) is 4.98 Å². The molecular weight excluding hydrogens is 241 g/mol. The number of alkyl halides is 3. The molecule has 0 aromatic carbocycles. The van der Waals surface area contributed by atoms with Gasteiger partial charge in [0.25, 0.3) is 0 Å². The summed E-state index contributed by atoms with van der Waals surface area (Å²) in [4.78, 5) is 5.74. The van der Waals surface area contributed by atoms with Crippen LogP contribution in [0.15, 0.2) is 42.7 Å². The third-order valence-corrected chi connectivity index (χ3v) is 1.74. The van der Waals surface area contributed by atoms with E-state index in [-0.39, 0.29) is 5.15 Å². The summed E-state index contributed by atoms with van der Waals surface area (Å²) in [7, 11) is 0. The summed E-state index contributed by atoms with van der Waals surface area (Å²) < 4.78 is 35.1. The Morgan fingerprint density at radius 3 is 1.88 bits per heavy atom. The second-order valence-electron chi connectivity index (χ2n) is 2.74. The molecule has 0 atom stereocenters. The Labute approximate surface area is 95.1 Å². The van der Waals surface area contributed by atoms with Crippen LogP contribution in [0.2, 0.25) is 5.15 Å².